The number of methoxy groups -OCH3 is 1. The van der Waals surface area contributed by atoms with E-state index in [0.717, 1.165) is 0 Å². The minimum atomic E-state index is -1.11. The van der Waals surface area contributed by atoms with Gasteiger partial charge in [-0.15, -0.1) is 0 Å². The van der Waals surface area contributed by atoms with E-state index in [1.54, 1.807) is 13.0 Å². The highest BCUT2D eigenvalue weighted by molar-refractivity contribution is 6.00. The van der Waals surface area contributed by atoms with Crippen molar-refractivity contribution in [3.63, 3.8) is 0 Å². The highest BCUT2D eigenvalue weighted by Gasteiger charge is 2.46. The lowest BCUT2D eigenvalue weighted by Gasteiger charge is -2.18. The number of halogens is 1. The number of esters is 2. The fraction of sp³-hybridized carbons (Fsp3) is 0.333. The molecule has 0 spiro atoms. The quantitative estimate of drug-likeness (QED) is 0.579. The van der Waals surface area contributed by atoms with Crippen LogP contribution in [0.25, 0.3) is 0 Å². The summed E-state index contributed by atoms with van der Waals surface area (Å²) in [4.78, 5) is 22.7. The Morgan fingerprint density at radius 3 is 2.59 bits per heavy atom. The van der Waals surface area contributed by atoms with E-state index in [0.29, 0.717) is 5.56 Å². The zero-order chi connectivity index (χ0) is 12.6. The Morgan fingerprint density at radius 2 is 2.12 bits per heavy atom. The first-order chi connectivity index (χ1) is 7.97. The third kappa shape index (κ3) is 1.77. The Bertz CT molecular complexity index is 497. The summed E-state index contributed by atoms with van der Waals surface area (Å²) >= 11 is 0. The molecule has 4 nitrogen and oxygen atoms in total. The molecule has 1 heterocycles. The van der Waals surface area contributed by atoms with Crippen LogP contribution in [0.4, 0.5) is 4.39 Å². The number of ether oxygens (including phenoxy) is 2. The maximum absolute atomic E-state index is 13.5. The fourth-order valence-corrected chi connectivity index (χ4v) is 1.84. The topological polar surface area (TPSA) is 52.6 Å². The van der Waals surface area contributed by atoms with Crippen LogP contribution < -0.4 is 4.74 Å². The molecule has 0 amide bonds. The van der Waals surface area contributed by atoms with Crippen molar-refractivity contribution < 1.29 is 23.5 Å². The Balaban J connectivity index is 2.44. The van der Waals surface area contributed by atoms with Gasteiger partial charge in [0.25, 0.3) is 0 Å². The molecular weight excluding hydrogens is 227 g/mol. The van der Waals surface area contributed by atoms with Crippen molar-refractivity contribution in [2.75, 3.05) is 7.11 Å². The van der Waals surface area contributed by atoms with E-state index in [4.69, 9.17) is 4.74 Å². The highest BCUT2D eigenvalue weighted by Crippen LogP contribution is 2.36. The van der Waals surface area contributed by atoms with Crippen molar-refractivity contribution in [2.24, 2.45) is 0 Å². The van der Waals surface area contributed by atoms with Gasteiger partial charge < -0.3 is 9.47 Å². The SMILES string of the molecule is COc1ccc(C2(C)CC(=O)OC2=O)cc1F. The lowest BCUT2D eigenvalue weighted by atomic mass is 9.81. The summed E-state index contributed by atoms with van der Waals surface area (Å²) in [6.45, 7) is 1.56. The molecule has 1 aliphatic rings. The van der Waals surface area contributed by atoms with Crippen LogP contribution in [0.2, 0.25) is 0 Å². The molecule has 1 atom stereocenters. The predicted octanol–water partition coefficient (Wildman–Crippen LogP) is 1.57. The first kappa shape index (κ1) is 11.6. The number of hydrogen-bond acceptors (Lipinski definition) is 4. The van der Waals surface area contributed by atoms with Gasteiger partial charge in [-0.3, -0.25) is 9.59 Å². The molecule has 0 aliphatic carbocycles. The molecule has 2 rings (SSSR count). The van der Waals surface area contributed by atoms with Gasteiger partial charge in [0, 0.05) is 0 Å². The Morgan fingerprint density at radius 1 is 1.41 bits per heavy atom. The summed E-state index contributed by atoms with van der Waals surface area (Å²) in [6, 6.07) is 4.17. The second-order valence-electron chi connectivity index (χ2n) is 4.12. The van der Waals surface area contributed by atoms with Crippen molar-refractivity contribution >= 4 is 11.9 Å². The zero-order valence-corrected chi connectivity index (χ0v) is 9.45. The smallest absolute Gasteiger partial charge is 0.324 e. The maximum Gasteiger partial charge on any atom is 0.324 e. The monoisotopic (exact) mass is 238 g/mol. The standard InChI is InChI=1S/C12H11FO4/c1-12(6-10(14)17-11(12)15)7-3-4-9(16-2)8(13)5-7/h3-5H,6H2,1-2H3. The molecule has 0 N–H and O–H groups in total. The normalized spacial score (nSPS) is 23.7. The molecule has 1 fully saturated rings. The molecule has 0 saturated carbocycles. The fourth-order valence-electron chi connectivity index (χ4n) is 1.84. The molecule has 1 aliphatic heterocycles. The molecule has 1 aromatic rings. The van der Waals surface area contributed by atoms with Crippen LogP contribution in [0, 0.1) is 5.82 Å². The summed E-state index contributed by atoms with van der Waals surface area (Å²) in [6.07, 6.45) is -0.0718. The maximum atomic E-state index is 13.5. The number of carbonyl (C=O) groups is 2. The summed E-state index contributed by atoms with van der Waals surface area (Å²) in [5, 5.41) is 0. The summed E-state index contributed by atoms with van der Waals surface area (Å²) in [5.74, 6) is -1.71. The van der Waals surface area contributed by atoms with Crippen LogP contribution in [0.1, 0.15) is 18.9 Å². The van der Waals surface area contributed by atoms with Crippen molar-refractivity contribution in [3.8, 4) is 5.75 Å². The minimum absolute atomic E-state index is 0.0718. The lowest BCUT2D eigenvalue weighted by molar-refractivity contribution is -0.153. The van der Waals surface area contributed by atoms with Crippen LogP contribution >= 0.6 is 0 Å². The first-order valence-corrected chi connectivity index (χ1v) is 5.06. The van der Waals surface area contributed by atoms with E-state index in [1.165, 1.54) is 19.2 Å². The lowest BCUT2D eigenvalue weighted by Crippen LogP contribution is -2.27. The van der Waals surface area contributed by atoms with Gasteiger partial charge in [0.15, 0.2) is 11.6 Å². The van der Waals surface area contributed by atoms with Crippen molar-refractivity contribution in [3.05, 3.63) is 29.6 Å². The van der Waals surface area contributed by atoms with E-state index in [9.17, 15) is 14.0 Å². The third-order valence-electron chi connectivity index (χ3n) is 2.94. The minimum Gasteiger partial charge on any atom is -0.494 e. The van der Waals surface area contributed by atoms with Gasteiger partial charge in [-0.25, -0.2) is 4.39 Å². The number of cyclic esters (lactones) is 2. The average Bonchev–Trinajstić information content (AvgIpc) is 2.53. The second-order valence-corrected chi connectivity index (χ2v) is 4.12. The molecule has 1 unspecified atom stereocenters. The molecule has 1 aromatic carbocycles. The highest BCUT2D eigenvalue weighted by atomic mass is 19.1. The van der Waals surface area contributed by atoms with Gasteiger partial charge >= 0.3 is 11.9 Å². The van der Waals surface area contributed by atoms with Crippen LogP contribution in [0.5, 0.6) is 5.75 Å². The molecular formula is C12H11FO4. The molecule has 90 valence electrons. The molecule has 0 aromatic heterocycles. The Hall–Kier alpha value is -1.91. The van der Waals surface area contributed by atoms with Gasteiger partial charge in [-0.1, -0.05) is 6.07 Å². The van der Waals surface area contributed by atoms with Crippen molar-refractivity contribution in [2.45, 2.75) is 18.8 Å². The largest absolute Gasteiger partial charge is 0.494 e. The Labute approximate surface area is 97.3 Å². The number of hydrogen-bond donors (Lipinski definition) is 0. The Kier molecular flexibility index (Phi) is 2.61. The van der Waals surface area contributed by atoms with Crippen LogP contribution in [-0.4, -0.2) is 19.0 Å². The van der Waals surface area contributed by atoms with Crippen LogP contribution in [0.3, 0.4) is 0 Å². The number of carbonyl (C=O) groups excluding carboxylic acids is 2. The van der Waals surface area contributed by atoms with Gasteiger partial charge in [-0.05, 0) is 24.6 Å². The van der Waals surface area contributed by atoms with Gasteiger partial charge in [-0.2, -0.15) is 0 Å². The van der Waals surface area contributed by atoms with Crippen molar-refractivity contribution in [1.29, 1.82) is 0 Å². The first-order valence-electron chi connectivity index (χ1n) is 5.06. The van der Waals surface area contributed by atoms with Crippen LogP contribution in [-0.2, 0) is 19.7 Å². The van der Waals surface area contributed by atoms with E-state index in [-0.39, 0.29) is 12.2 Å². The molecule has 5 heteroatoms. The zero-order valence-electron chi connectivity index (χ0n) is 9.45. The van der Waals surface area contributed by atoms with Crippen molar-refractivity contribution in [1.82, 2.24) is 0 Å². The molecule has 1 saturated heterocycles. The molecule has 17 heavy (non-hydrogen) atoms. The predicted molar refractivity (Wildman–Crippen MR) is 56.0 cm³/mol. The number of benzene rings is 1. The van der Waals surface area contributed by atoms with Gasteiger partial charge in [0.2, 0.25) is 0 Å². The van der Waals surface area contributed by atoms with E-state index in [1.807, 2.05) is 0 Å². The third-order valence-corrected chi connectivity index (χ3v) is 2.94. The van der Waals surface area contributed by atoms with Crippen LogP contribution in [0.15, 0.2) is 18.2 Å². The van der Waals surface area contributed by atoms with E-state index in [2.05, 4.69) is 4.74 Å². The molecule has 0 bridgehead atoms. The average molecular weight is 238 g/mol. The summed E-state index contributed by atoms with van der Waals surface area (Å²) in [5.41, 5.74) is -0.698. The van der Waals surface area contributed by atoms with E-state index >= 15 is 0 Å². The summed E-state index contributed by atoms with van der Waals surface area (Å²) < 4.78 is 22.8. The van der Waals surface area contributed by atoms with E-state index < -0.39 is 23.2 Å². The number of rotatable bonds is 2. The van der Waals surface area contributed by atoms with Gasteiger partial charge in [0.1, 0.15) is 5.41 Å². The summed E-state index contributed by atoms with van der Waals surface area (Å²) in [7, 11) is 1.35. The second kappa shape index (κ2) is 3.84. The molecule has 0 radical (unpaired) electrons. The van der Waals surface area contributed by atoms with Gasteiger partial charge in [0.05, 0.1) is 13.5 Å².